The van der Waals surface area contributed by atoms with Crippen LogP contribution in [-0.4, -0.2) is 40.4 Å². The number of aromatic hydroxyl groups is 2. The second kappa shape index (κ2) is 5.00. The Kier molecular flexibility index (Phi) is 3.94. The number of phenolic OH excluding ortho intramolecular Hbond substituents is 2. The van der Waals surface area contributed by atoms with Gasteiger partial charge in [0.1, 0.15) is 0 Å². The van der Waals surface area contributed by atoms with Crippen LogP contribution in [0.5, 0.6) is 11.5 Å². The summed E-state index contributed by atoms with van der Waals surface area (Å²) >= 11 is 0. The van der Waals surface area contributed by atoms with Crippen LogP contribution in [-0.2, 0) is 0 Å². The van der Waals surface area contributed by atoms with E-state index in [0.29, 0.717) is 12.1 Å². The SMILES string of the molecule is CCN(C)CC(O)c1ccc(O)c(O)c1. The molecule has 0 fully saturated rings. The van der Waals surface area contributed by atoms with Crippen LogP contribution in [0.1, 0.15) is 18.6 Å². The molecule has 84 valence electrons. The number of rotatable bonds is 4. The lowest BCUT2D eigenvalue weighted by molar-refractivity contribution is 0.129. The molecule has 1 rings (SSSR count). The second-order valence-corrected chi connectivity index (χ2v) is 3.62. The van der Waals surface area contributed by atoms with Gasteiger partial charge in [0.15, 0.2) is 11.5 Å². The van der Waals surface area contributed by atoms with Crippen molar-refractivity contribution in [2.75, 3.05) is 20.1 Å². The fraction of sp³-hybridized carbons (Fsp3) is 0.455. The molecular weight excluding hydrogens is 194 g/mol. The first-order chi connectivity index (χ1) is 7.04. The third-order valence-corrected chi connectivity index (χ3v) is 2.41. The van der Waals surface area contributed by atoms with Crippen LogP contribution in [0.2, 0.25) is 0 Å². The minimum Gasteiger partial charge on any atom is -0.504 e. The molecule has 0 aromatic heterocycles. The molecule has 0 amide bonds. The summed E-state index contributed by atoms with van der Waals surface area (Å²) in [7, 11) is 1.91. The van der Waals surface area contributed by atoms with E-state index < -0.39 is 6.10 Å². The lowest BCUT2D eigenvalue weighted by Crippen LogP contribution is -2.24. The fourth-order valence-corrected chi connectivity index (χ4v) is 1.28. The molecule has 0 radical (unpaired) electrons. The normalized spacial score (nSPS) is 13.1. The lowest BCUT2D eigenvalue weighted by atomic mass is 10.1. The van der Waals surface area contributed by atoms with Gasteiger partial charge < -0.3 is 20.2 Å². The van der Waals surface area contributed by atoms with Crippen LogP contribution in [0.25, 0.3) is 0 Å². The monoisotopic (exact) mass is 211 g/mol. The van der Waals surface area contributed by atoms with Crippen LogP contribution < -0.4 is 0 Å². The van der Waals surface area contributed by atoms with Gasteiger partial charge in [-0.3, -0.25) is 0 Å². The molecule has 1 aromatic carbocycles. The first-order valence-electron chi connectivity index (χ1n) is 4.93. The molecule has 15 heavy (non-hydrogen) atoms. The molecule has 0 spiro atoms. The highest BCUT2D eigenvalue weighted by Gasteiger charge is 2.11. The maximum Gasteiger partial charge on any atom is 0.157 e. The minimum atomic E-state index is -0.651. The van der Waals surface area contributed by atoms with Crippen molar-refractivity contribution in [3.05, 3.63) is 23.8 Å². The third-order valence-electron chi connectivity index (χ3n) is 2.41. The van der Waals surface area contributed by atoms with Gasteiger partial charge in [-0.05, 0) is 31.3 Å². The van der Waals surface area contributed by atoms with Gasteiger partial charge in [0.2, 0.25) is 0 Å². The summed E-state index contributed by atoms with van der Waals surface area (Å²) in [5.41, 5.74) is 0.602. The Bertz CT molecular complexity index is 328. The highest BCUT2D eigenvalue weighted by atomic mass is 16.3. The largest absolute Gasteiger partial charge is 0.504 e. The van der Waals surface area contributed by atoms with Crippen molar-refractivity contribution in [2.24, 2.45) is 0 Å². The second-order valence-electron chi connectivity index (χ2n) is 3.62. The van der Waals surface area contributed by atoms with Gasteiger partial charge in [0.25, 0.3) is 0 Å². The van der Waals surface area contributed by atoms with Crippen molar-refractivity contribution in [2.45, 2.75) is 13.0 Å². The number of phenols is 2. The average Bonchev–Trinajstić information content (AvgIpc) is 2.21. The van der Waals surface area contributed by atoms with Crippen LogP contribution in [0.3, 0.4) is 0 Å². The van der Waals surface area contributed by atoms with Gasteiger partial charge in [0, 0.05) is 6.54 Å². The van der Waals surface area contributed by atoms with E-state index in [0.717, 1.165) is 6.54 Å². The molecule has 4 nitrogen and oxygen atoms in total. The van der Waals surface area contributed by atoms with Gasteiger partial charge in [-0.1, -0.05) is 13.0 Å². The number of hydrogen-bond acceptors (Lipinski definition) is 4. The van der Waals surface area contributed by atoms with E-state index in [9.17, 15) is 10.2 Å². The van der Waals surface area contributed by atoms with Gasteiger partial charge in [0.05, 0.1) is 6.10 Å². The number of benzene rings is 1. The maximum atomic E-state index is 9.80. The van der Waals surface area contributed by atoms with E-state index >= 15 is 0 Å². The maximum absolute atomic E-state index is 9.80. The smallest absolute Gasteiger partial charge is 0.157 e. The predicted molar refractivity (Wildman–Crippen MR) is 57.9 cm³/mol. The lowest BCUT2D eigenvalue weighted by Gasteiger charge is -2.19. The Morgan fingerprint density at radius 3 is 2.47 bits per heavy atom. The molecule has 3 N–H and O–H groups in total. The molecule has 0 aliphatic rings. The topological polar surface area (TPSA) is 63.9 Å². The summed E-state index contributed by atoms with van der Waals surface area (Å²) in [5.74, 6) is -0.375. The summed E-state index contributed by atoms with van der Waals surface area (Å²) in [6.07, 6.45) is -0.651. The molecule has 0 bridgehead atoms. The Hall–Kier alpha value is -1.26. The Morgan fingerprint density at radius 2 is 1.93 bits per heavy atom. The van der Waals surface area contributed by atoms with Crippen LogP contribution in [0.15, 0.2) is 18.2 Å². The highest BCUT2D eigenvalue weighted by Crippen LogP contribution is 2.27. The molecule has 1 unspecified atom stereocenters. The molecule has 0 saturated carbocycles. The summed E-state index contributed by atoms with van der Waals surface area (Å²) in [6, 6.07) is 4.35. The zero-order chi connectivity index (χ0) is 11.4. The third kappa shape index (κ3) is 3.11. The molecule has 0 aliphatic heterocycles. The molecule has 1 aromatic rings. The molecule has 0 aliphatic carbocycles. The van der Waals surface area contributed by atoms with E-state index in [2.05, 4.69) is 0 Å². The number of nitrogens with zero attached hydrogens (tertiary/aromatic N) is 1. The summed E-state index contributed by atoms with van der Waals surface area (Å²) < 4.78 is 0. The van der Waals surface area contributed by atoms with Crippen molar-refractivity contribution in [1.82, 2.24) is 4.90 Å². The van der Waals surface area contributed by atoms with Crippen molar-refractivity contribution in [3.63, 3.8) is 0 Å². The summed E-state index contributed by atoms with van der Waals surface area (Å²) in [4.78, 5) is 1.97. The first kappa shape index (κ1) is 11.8. The molecule has 1 atom stereocenters. The van der Waals surface area contributed by atoms with Gasteiger partial charge in [-0.15, -0.1) is 0 Å². The number of aliphatic hydroxyl groups excluding tert-OH is 1. The minimum absolute atomic E-state index is 0.171. The molecule has 0 heterocycles. The average molecular weight is 211 g/mol. The van der Waals surface area contributed by atoms with Crippen molar-refractivity contribution in [1.29, 1.82) is 0 Å². The van der Waals surface area contributed by atoms with Crippen LogP contribution >= 0.6 is 0 Å². The van der Waals surface area contributed by atoms with Crippen molar-refractivity contribution < 1.29 is 15.3 Å². The van der Waals surface area contributed by atoms with Gasteiger partial charge >= 0.3 is 0 Å². The van der Waals surface area contributed by atoms with E-state index in [1.54, 1.807) is 6.07 Å². The Morgan fingerprint density at radius 1 is 1.27 bits per heavy atom. The fourth-order valence-electron chi connectivity index (χ4n) is 1.28. The highest BCUT2D eigenvalue weighted by molar-refractivity contribution is 5.41. The van der Waals surface area contributed by atoms with Crippen LogP contribution in [0.4, 0.5) is 0 Å². The van der Waals surface area contributed by atoms with E-state index in [4.69, 9.17) is 5.11 Å². The Labute approximate surface area is 89.4 Å². The van der Waals surface area contributed by atoms with Crippen molar-refractivity contribution in [3.8, 4) is 11.5 Å². The first-order valence-corrected chi connectivity index (χ1v) is 4.93. The van der Waals surface area contributed by atoms with Gasteiger partial charge in [-0.2, -0.15) is 0 Å². The number of aliphatic hydroxyl groups is 1. The molecule has 4 heteroatoms. The number of hydrogen-bond donors (Lipinski definition) is 3. The quantitative estimate of drug-likeness (QED) is 0.652. The van der Waals surface area contributed by atoms with E-state index in [1.165, 1.54) is 12.1 Å². The molecular formula is C11H17NO3. The van der Waals surface area contributed by atoms with E-state index in [-0.39, 0.29) is 11.5 Å². The van der Waals surface area contributed by atoms with Crippen LogP contribution in [0, 0.1) is 0 Å². The molecule has 0 saturated heterocycles. The Balaban J connectivity index is 2.73. The predicted octanol–water partition coefficient (Wildman–Crippen LogP) is 1.08. The van der Waals surface area contributed by atoms with E-state index in [1.807, 2.05) is 18.9 Å². The van der Waals surface area contributed by atoms with Crippen molar-refractivity contribution >= 4 is 0 Å². The standard InChI is InChI=1S/C11H17NO3/c1-3-12(2)7-11(15)8-4-5-9(13)10(14)6-8/h4-6,11,13-15H,3,7H2,1-2H3. The summed E-state index contributed by atoms with van der Waals surface area (Å²) in [5, 5.41) is 28.2. The van der Waals surface area contributed by atoms with Gasteiger partial charge in [-0.25, -0.2) is 0 Å². The zero-order valence-electron chi connectivity index (χ0n) is 9.01. The summed E-state index contributed by atoms with van der Waals surface area (Å²) in [6.45, 7) is 3.35. The zero-order valence-corrected chi connectivity index (χ0v) is 9.01. The number of likely N-dealkylation sites (N-methyl/N-ethyl adjacent to an activating group) is 1.